The summed E-state index contributed by atoms with van der Waals surface area (Å²) in [5, 5.41) is 12.1. The van der Waals surface area contributed by atoms with Gasteiger partial charge >= 0.3 is 6.09 Å². The van der Waals surface area contributed by atoms with Gasteiger partial charge < -0.3 is 25.5 Å². The van der Waals surface area contributed by atoms with Crippen LogP contribution in [0.3, 0.4) is 0 Å². The van der Waals surface area contributed by atoms with Crippen molar-refractivity contribution in [3.05, 3.63) is 71.7 Å². The van der Waals surface area contributed by atoms with E-state index in [-0.39, 0.29) is 43.3 Å². The minimum Gasteiger partial charge on any atom is -0.445 e. The molecule has 3 aromatic rings. The molecule has 0 radical (unpaired) electrons. The third-order valence-corrected chi connectivity index (χ3v) is 8.89. The number of likely N-dealkylation sites (tertiary alicyclic amines) is 2. The maximum absolute atomic E-state index is 13.9. The fourth-order valence-electron chi connectivity index (χ4n) is 6.96. The molecule has 2 aliphatic heterocycles. The number of carbonyl (C=O) groups is 2. The number of nitrogens with two attached hydrogens (primary N) is 1. The van der Waals surface area contributed by atoms with E-state index >= 15 is 0 Å². The van der Waals surface area contributed by atoms with Crippen LogP contribution in [0.15, 0.2) is 54.7 Å². The lowest BCUT2D eigenvalue weighted by Gasteiger charge is -2.34. The van der Waals surface area contributed by atoms with Crippen molar-refractivity contribution in [2.45, 2.75) is 68.9 Å². The van der Waals surface area contributed by atoms with Crippen LogP contribution in [0.1, 0.15) is 49.1 Å². The van der Waals surface area contributed by atoms with Gasteiger partial charge in [0.05, 0.1) is 24.2 Å². The Kier molecular flexibility index (Phi) is 7.03. The molecule has 39 heavy (non-hydrogen) atoms. The molecule has 2 aromatic carbocycles. The van der Waals surface area contributed by atoms with Crippen molar-refractivity contribution in [2.24, 2.45) is 11.7 Å². The molecule has 2 unspecified atom stereocenters. The normalized spacial score (nSPS) is 26.1. The van der Waals surface area contributed by atoms with Gasteiger partial charge in [-0.2, -0.15) is 0 Å². The van der Waals surface area contributed by atoms with Gasteiger partial charge in [0.15, 0.2) is 0 Å². The van der Waals surface area contributed by atoms with E-state index < -0.39 is 30.3 Å². The minimum atomic E-state index is -0.936. The number of aliphatic hydroxyl groups excluding tert-OH is 1. The van der Waals surface area contributed by atoms with Gasteiger partial charge in [-0.15, -0.1) is 0 Å². The molecule has 0 bridgehead atoms. The average molecular weight is 535 g/mol. The number of aromatic amines is 1. The number of amides is 2. The van der Waals surface area contributed by atoms with Gasteiger partial charge in [0.2, 0.25) is 5.91 Å². The van der Waals surface area contributed by atoms with E-state index in [0.29, 0.717) is 5.52 Å². The van der Waals surface area contributed by atoms with Crippen LogP contribution in [-0.4, -0.2) is 69.2 Å². The highest BCUT2D eigenvalue weighted by Crippen LogP contribution is 2.44. The Morgan fingerprint density at radius 2 is 1.82 bits per heavy atom. The number of ether oxygens (including phenoxy) is 1. The van der Waals surface area contributed by atoms with Crippen LogP contribution in [0.25, 0.3) is 10.9 Å². The summed E-state index contributed by atoms with van der Waals surface area (Å²) in [6.45, 7) is 0.465. The average Bonchev–Trinajstić information content (AvgIpc) is 3.65. The first-order valence-electron chi connectivity index (χ1n) is 13.9. The SMILES string of the molecule is NC(C(=O)N1CC(O)[C@@H]2[C@H]1[C@@H](c1c[nH]c3cc(F)ccc13)CN2C(=O)OCc1ccccc1)C1CCCCC1. The topological polar surface area (TPSA) is 112 Å². The van der Waals surface area contributed by atoms with Crippen molar-refractivity contribution in [1.29, 1.82) is 0 Å². The van der Waals surface area contributed by atoms with Crippen LogP contribution in [0, 0.1) is 11.7 Å². The van der Waals surface area contributed by atoms with Crippen molar-refractivity contribution in [2.75, 3.05) is 13.1 Å². The summed E-state index contributed by atoms with van der Waals surface area (Å²) in [6.07, 6.45) is 5.49. The number of H-pyrrole nitrogens is 1. The Hall–Kier alpha value is -3.43. The molecule has 3 aliphatic rings. The Morgan fingerprint density at radius 1 is 1.05 bits per heavy atom. The Balaban J connectivity index is 1.31. The van der Waals surface area contributed by atoms with Gasteiger partial charge in [0.1, 0.15) is 12.4 Å². The molecular weight excluding hydrogens is 499 g/mol. The van der Waals surface area contributed by atoms with E-state index in [4.69, 9.17) is 10.5 Å². The largest absolute Gasteiger partial charge is 0.445 e. The smallest absolute Gasteiger partial charge is 0.410 e. The van der Waals surface area contributed by atoms with Gasteiger partial charge in [0.25, 0.3) is 0 Å². The Bertz CT molecular complexity index is 1340. The standard InChI is InChI=1S/C30H35FN4O4/c31-20-11-12-21-22(14-33-24(21)13-20)23-15-35(30(38)39-17-18-7-3-1-4-8-18)28-25(36)16-34(27(23)28)29(37)26(32)19-9-5-2-6-10-19/h1,3-4,7-8,11-14,19,23,25-28,33,36H,2,5-6,9-10,15-17,32H2/t23-,25?,26?,27-,28-/m1/s1. The summed E-state index contributed by atoms with van der Waals surface area (Å²) in [7, 11) is 0. The number of halogens is 1. The molecule has 2 amide bonds. The predicted molar refractivity (Wildman–Crippen MR) is 144 cm³/mol. The summed E-state index contributed by atoms with van der Waals surface area (Å²) >= 11 is 0. The lowest BCUT2D eigenvalue weighted by atomic mass is 9.83. The summed E-state index contributed by atoms with van der Waals surface area (Å²) in [5.41, 5.74) is 8.92. The molecule has 5 atom stereocenters. The highest BCUT2D eigenvalue weighted by atomic mass is 19.1. The molecule has 6 rings (SSSR count). The van der Waals surface area contributed by atoms with Crippen LogP contribution < -0.4 is 5.73 Å². The second kappa shape index (κ2) is 10.6. The first-order valence-corrected chi connectivity index (χ1v) is 13.9. The molecule has 1 saturated carbocycles. The number of hydrogen-bond donors (Lipinski definition) is 3. The first-order chi connectivity index (χ1) is 18.9. The molecule has 1 aromatic heterocycles. The van der Waals surface area contributed by atoms with E-state index in [1.807, 2.05) is 36.5 Å². The van der Waals surface area contributed by atoms with Crippen molar-refractivity contribution < 1.29 is 23.8 Å². The third-order valence-electron chi connectivity index (χ3n) is 8.89. The second-order valence-corrected chi connectivity index (χ2v) is 11.2. The predicted octanol–water partition coefficient (Wildman–Crippen LogP) is 3.89. The maximum atomic E-state index is 13.9. The fourth-order valence-corrected chi connectivity index (χ4v) is 6.96. The molecule has 8 nitrogen and oxygen atoms in total. The zero-order valence-electron chi connectivity index (χ0n) is 21.8. The number of aliphatic hydroxyl groups is 1. The van der Waals surface area contributed by atoms with E-state index in [1.165, 1.54) is 12.1 Å². The van der Waals surface area contributed by atoms with Gasteiger partial charge in [0, 0.05) is 36.1 Å². The van der Waals surface area contributed by atoms with Gasteiger partial charge in [-0.25, -0.2) is 9.18 Å². The highest BCUT2D eigenvalue weighted by Gasteiger charge is 2.57. The molecule has 2 saturated heterocycles. The van der Waals surface area contributed by atoms with E-state index in [2.05, 4.69) is 4.98 Å². The van der Waals surface area contributed by atoms with Gasteiger partial charge in [-0.05, 0) is 48.1 Å². The molecule has 4 N–H and O–H groups in total. The number of aromatic nitrogens is 1. The van der Waals surface area contributed by atoms with Crippen molar-refractivity contribution in [1.82, 2.24) is 14.8 Å². The summed E-state index contributed by atoms with van der Waals surface area (Å²) < 4.78 is 19.6. The van der Waals surface area contributed by atoms with Crippen LogP contribution in [0.2, 0.25) is 0 Å². The molecular formula is C30H35FN4O4. The minimum absolute atomic E-state index is 0.102. The van der Waals surface area contributed by atoms with E-state index in [0.717, 1.165) is 48.6 Å². The molecule has 3 heterocycles. The quantitative estimate of drug-likeness (QED) is 0.460. The molecule has 0 spiro atoms. The van der Waals surface area contributed by atoms with Crippen molar-refractivity contribution in [3.63, 3.8) is 0 Å². The maximum Gasteiger partial charge on any atom is 0.410 e. The number of benzene rings is 2. The van der Waals surface area contributed by atoms with Gasteiger partial charge in [-0.3, -0.25) is 9.69 Å². The first kappa shape index (κ1) is 25.8. The molecule has 1 aliphatic carbocycles. The molecule has 9 heteroatoms. The lowest BCUT2D eigenvalue weighted by Crippen LogP contribution is -2.52. The van der Waals surface area contributed by atoms with Crippen LogP contribution in [0.4, 0.5) is 9.18 Å². The number of nitrogens with zero attached hydrogens (tertiary/aromatic N) is 2. The van der Waals surface area contributed by atoms with E-state index in [9.17, 15) is 19.1 Å². The summed E-state index contributed by atoms with van der Waals surface area (Å²) in [4.78, 5) is 33.6. The lowest BCUT2D eigenvalue weighted by molar-refractivity contribution is -0.135. The number of nitrogens with one attached hydrogen (secondary N) is 1. The van der Waals surface area contributed by atoms with Crippen molar-refractivity contribution in [3.8, 4) is 0 Å². The van der Waals surface area contributed by atoms with Crippen LogP contribution in [0.5, 0.6) is 0 Å². The highest BCUT2D eigenvalue weighted by molar-refractivity contribution is 5.86. The Morgan fingerprint density at radius 3 is 2.59 bits per heavy atom. The number of carbonyl (C=O) groups excluding carboxylic acids is 2. The number of hydrogen-bond acceptors (Lipinski definition) is 5. The van der Waals surface area contributed by atoms with Gasteiger partial charge in [-0.1, -0.05) is 49.6 Å². The summed E-state index contributed by atoms with van der Waals surface area (Å²) in [6, 6.07) is 12.2. The van der Waals surface area contributed by atoms with Crippen LogP contribution in [-0.2, 0) is 16.1 Å². The Labute approximate surface area is 226 Å². The van der Waals surface area contributed by atoms with E-state index in [1.54, 1.807) is 15.9 Å². The number of rotatable bonds is 5. The number of β-amino-alcohol motifs (C(OH)–C–C–N with tert-alkyl or cyclic N) is 1. The van der Waals surface area contributed by atoms with Crippen LogP contribution >= 0.6 is 0 Å². The zero-order valence-corrected chi connectivity index (χ0v) is 21.8. The zero-order chi connectivity index (χ0) is 27.1. The fraction of sp³-hybridized carbons (Fsp3) is 0.467. The monoisotopic (exact) mass is 534 g/mol. The molecule has 3 fully saturated rings. The summed E-state index contributed by atoms with van der Waals surface area (Å²) in [5.74, 6) is -0.717. The van der Waals surface area contributed by atoms with Crippen molar-refractivity contribution >= 4 is 22.9 Å². The molecule has 206 valence electrons. The second-order valence-electron chi connectivity index (χ2n) is 11.2. The third kappa shape index (κ3) is 4.78. The number of fused-ring (bicyclic) bond motifs is 2.